The molecule has 210 valence electrons. The van der Waals surface area contributed by atoms with Gasteiger partial charge in [0.15, 0.2) is 0 Å². The van der Waals surface area contributed by atoms with Gasteiger partial charge in [-0.25, -0.2) is 0 Å². The van der Waals surface area contributed by atoms with E-state index in [1.54, 1.807) is 0 Å². The molecule has 0 saturated carbocycles. The van der Waals surface area contributed by atoms with E-state index in [-0.39, 0.29) is 5.97 Å². The minimum Gasteiger partial charge on any atom is -0.466 e. The van der Waals surface area contributed by atoms with Crippen LogP contribution in [0.2, 0.25) is 0 Å². The van der Waals surface area contributed by atoms with Crippen LogP contribution in [0, 0.1) is 0 Å². The summed E-state index contributed by atoms with van der Waals surface area (Å²) < 4.78 is 5.26. The summed E-state index contributed by atoms with van der Waals surface area (Å²) in [7, 11) is 0. The van der Waals surface area contributed by atoms with Crippen molar-refractivity contribution in [2.24, 2.45) is 0 Å². The standard InChI is InChI=1S/C33H66O2/c1-3-5-7-8-9-10-11-12-13-14-15-16-17-18-19-20-21-22-23-24-25-26-27-28-29-31-33(34)35-32-30-6-4-2/h3-32H2,1-2H3. The van der Waals surface area contributed by atoms with Gasteiger partial charge in [-0.05, 0) is 12.8 Å². The summed E-state index contributed by atoms with van der Waals surface area (Å²) in [5.74, 6) is 0.00943. The largest absolute Gasteiger partial charge is 0.466 e. The molecule has 2 nitrogen and oxygen atoms in total. The Balaban J connectivity index is 3.07. The SMILES string of the molecule is CCCCCCCCCCCCCCCCCCCCCCCCCCCC(=O)OCCCCC. The van der Waals surface area contributed by atoms with E-state index in [4.69, 9.17) is 4.74 Å². The molecule has 0 fully saturated rings. The summed E-state index contributed by atoms with van der Waals surface area (Å²) in [4.78, 5) is 11.6. The summed E-state index contributed by atoms with van der Waals surface area (Å²) in [5.41, 5.74) is 0. The average molecular weight is 495 g/mol. The number of esters is 1. The van der Waals surface area contributed by atoms with Gasteiger partial charge in [-0.3, -0.25) is 4.79 Å². The fourth-order valence-electron chi connectivity index (χ4n) is 5.02. The minimum absolute atomic E-state index is 0.00943. The molecule has 0 rings (SSSR count). The van der Waals surface area contributed by atoms with Crippen LogP contribution in [-0.4, -0.2) is 12.6 Å². The predicted octanol–water partition coefficient (Wildman–Crippen LogP) is 11.9. The molecule has 0 amide bonds. The van der Waals surface area contributed by atoms with E-state index in [1.165, 1.54) is 161 Å². The normalized spacial score (nSPS) is 11.3. The van der Waals surface area contributed by atoms with E-state index in [9.17, 15) is 4.79 Å². The van der Waals surface area contributed by atoms with Gasteiger partial charge in [-0.2, -0.15) is 0 Å². The van der Waals surface area contributed by atoms with Crippen LogP contribution < -0.4 is 0 Å². The Morgan fingerprint density at radius 3 is 0.943 bits per heavy atom. The fraction of sp³-hybridized carbons (Fsp3) is 0.970. The molecular weight excluding hydrogens is 428 g/mol. The topological polar surface area (TPSA) is 26.3 Å². The van der Waals surface area contributed by atoms with E-state index in [1.807, 2.05) is 0 Å². The maximum Gasteiger partial charge on any atom is 0.305 e. The third-order valence-electron chi connectivity index (χ3n) is 7.50. The molecular formula is C33H66O2. The molecule has 0 N–H and O–H groups in total. The molecule has 0 aromatic heterocycles. The van der Waals surface area contributed by atoms with Gasteiger partial charge in [-0.15, -0.1) is 0 Å². The molecule has 0 radical (unpaired) electrons. The van der Waals surface area contributed by atoms with Crippen molar-refractivity contribution in [3.05, 3.63) is 0 Å². The zero-order valence-corrected chi connectivity index (χ0v) is 24.5. The van der Waals surface area contributed by atoms with Gasteiger partial charge in [0.1, 0.15) is 0 Å². The number of rotatable bonds is 30. The summed E-state index contributed by atoms with van der Waals surface area (Å²) >= 11 is 0. The van der Waals surface area contributed by atoms with E-state index in [0.717, 1.165) is 19.3 Å². The van der Waals surface area contributed by atoms with Gasteiger partial charge < -0.3 is 4.74 Å². The van der Waals surface area contributed by atoms with Crippen molar-refractivity contribution in [2.45, 2.75) is 200 Å². The highest BCUT2D eigenvalue weighted by Crippen LogP contribution is 2.16. The number of hydrogen-bond acceptors (Lipinski definition) is 2. The van der Waals surface area contributed by atoms with Crippen molar-refractivity contribution in [1.82, 2.24) is 0 Å². The first-order chi connectivity index (χ1) is 17.3. The van der Waals surface area contributed by atoms with Crippen LogP contribution in [0.1, 0.15) is 200 Å². The van der Waals surface area contributed by atoms with Crippen LogP contribution in [0.5, 0.6) is 0 Å². The average Bonchev–Trinajstić information content (AvgIpc) is 2.86. The molecule has 35 heavy (non-hydrogen) atoms. The number of carbonyl (C=O) groups excluding carboxylic acids is 1. The maximum atomic E-state index is 11.6. The number of unbranched alkanes of at least 4 members (excludes halogenated alkanes) is 26. The summed E-state index contributed by atoms with van der Waals surface area (Å²) in [5, 5.41) is 0. The molecule has 0 bridgehead atoms. The summed E-state index contributed by atoms with van der Waals surface area (Å²) in [6, 6.07) is 0. The smallest absolute Gasteiger partial charge is 0.305 e. The number of hydrogen-bond donors (Lipinski definition) is 0. The lowest BCUT2D eigenvalue weighted by Crippen LogP contribution is -2.05. The molecule has 0 aromatic rings. The Morgan fingerprint density at radius 2 is 0.629 bits per heavy atom. The molecule has 2 heteroatoms. The Labute approximate surface area is 222 Å². The lowest BCUT2D eigenvalue weighted by atomic mass is 10.0. The van der Waals surface area contributed by atoms with Gasteiger partial charge in [-0.1, -0.05) is 181 Å². The second-order valence-corrected chi connectivity index (χ2v) is 11.2. The summed E-state index contributed by atoms with van der Waals surface area (Å²) in [6.07, 6.45) is 39.2. The molecule has 0 aromatic carbocycles. The Bertz CT molecular complexity index is 393. The van der Waals surface area contributed by atoms with Crippen LogP contribution >= 0.6 is 0 Å². The zero-order valence-electron chi connectivity index (χ0n) is 24.5. The first-order valence-electron chi connectivity index (χ1n) is 16.5. The molecule has 0 heterocycles. The lowest BCUT2D eigenvalue weighted by Gasteiger charge is -2.05. The zero-order chi connectivity index (χ0) is 25.5. The van der Waals surface area contributed by atoms with Crippen LogP contribution in [-0.2, 0) is 9.53 Å². The van der Waals surface area contributed by atoms with Crippen LogP contribution in [0.15, 0.2) is 0 Å². The minimum atomic E-state index is 0.00943. The Hall–Kier alpha value is -0.530. The molecule has 0 aliphatic rings. The predicted molar refractivity (Wildman–Crippen MR) is 156 cm³/mol. The highest BCUT2D eigenvalue weighted by molar-refractivity contribution is 5.69. The van der Waals surface area contributed by atoms with Gasteiger partial charge in [0.05, 0.1) is 6.61 Å². The first-order valence-corrected chi connectivity index (χ1v) is 16.5. The molecule has 0 spiro atoms. The quantitative estimate of drug-likeness (QED) is 0.0732. The van der Waals surface area contributed by atoms with E-state index >= 15 is 0 Å². The fourth-order valence-corrected chi connectivity index (χ4v) is 5.02. The second kappa shape index (κ2) is 31.5. The molecule has 0 atom stereocenters. The lowest BCUT2D eigenvalue weighted by molar-refractivity contribution is -0.143. The molecule has 0 aliphatic heterocycles. The first kappa shape index (κ1) is 34.5. The van der Waals surface area contributed by atoms with Crippen molar-refractivity contribution < 1.29 is 9.53 Å². The maximum absolute atomic E-state index is 11.6. The van der Waals surface area contributed by atoms with Crippen LogP contribution in [0.4, 0.5) is 0 Å². The Kier molecular flexibility index (Phi) is 31.0. The highest BCUT2D eigenvalue weighted by atomic mass is 16.5. The molecule has 0 aliphatic carbocycles. The molecule has 0 unspecified atom stereocenters. The third-order valence-corrected chi connectivity index (χ3v) is 7.50. The van der Waals surface area contributed by atoms with Crippen LogP contribution in [0.3, 0.4) is 0 Å². The highest BCUT2D eigenvalue weighted by Gasteiger charge is 2.02. The molecule has 0 saturated heterocycles. The number of ether oxygens (including phenoxy) is 1. The van der Waals surface area contributed by atoms with Crippen molar-refractivity contribution in [3.63, 3.8) is 0 Å². The van der Waals surface area contributed by atoms with E-state index in [0.29, 0.717) is 13.0 Å². The monoisotopic (exact) mass is 495 g/mol. The van der Waals surface area contributed by atoms with E-state index in [2.05, 4.69) is 13.8 Å². The van der Waals surface area contributed by atoms with Gasteiger partial charge in [0, 0.05) is 6.42 Å². The number of carbonyl (C=O) groups is 1. The van der Waals surface area contributed by atoms with Crippen molar-refractivity contribution >= 4 is 5.97 Å². The van der Waals surface area contributed by atoms with Gasteiger partial charge in [0.2, 0.25) is 0 Å². The second-order valence-electron chi connectivity index (χ2n) is 11.2. The van der Waals surface area contributed by atoms with Gasteiger partial charge in [0.25, 0.3) is 0 Å². The van der Waals surface area contributed by atoms with E-state index < -0.39 is 0 Å². The Morgan fingerprint density at radius 1 is 0.371 bits per heavy atom. The van der Waals surface area contributed by atoms with Crippen molar-refractivity contribution in [1.29, 1.82) is 0 Å². The van der Waals surface area contributed by atoms with Crippen molar-refractivity contribution in [2.75, 3.05) is 6.61 Å². The van der Waals surface area contributed by atoms with Crippen LogP contribution in [0.25, 0.3) is 0 Å². The van der Waals surface area contributed by atoms with Crippen molar-refractivity contribution in [3.8, 4) is 0 Å². The summed E-state index contributed by atoms with van der Waals surface area (Å²) in [6.45, 7) is 5.09. The third kappa shape index (κ3) is 31.4. The van der Waals surface area contributed by atoms with Gasteiger partial charge >= 0.3 is 5.97 Å².